The molecule has 1 aromatic rings. The summed E-state index contributed by atoms with van der Waals surface area (Å²) in [6, 6.07) is 3.48. The van der Waals surface area contributed by atoms with Crippen LogP contribution in [-0.2, 0) is 4.74 Å². The second-order valence-corrected chi connectivity index (χ2v) is 5.29. The molecule has 2 heterocycles. The van der Waals surface area contributed by atoms with Gasteiger partial charge < -0.3 is 19.3 Å². The van der Waals surface area contributed by atoms with Crippen LogP contribution < -0.4 is 9.47 Å². The van der Waals surface area contributed by atoms with Gasteiger partial charge in [-0.2, -0.15) is 0 Å². The fourth-order valence-corrected chi connectivity index (χ4v) is 2.61. The predicted octanol–water partition coefficient (Wildman–Crippen LogP) is 3.23. The van der Waals surface area contributed by atoms with Crippen molar-refractivity contribution >= 4 is 11.6 Å². The zero-order valence-electron chi connectivity index (χ0n) is 11.1. The summed E-state index contributed by atoms with van der Waals surface area (Å²) in [5.41, 5.74) is 0.660. The van der Waals surface area contributed by atoms with Gasteiger partial charge in [0.2, 0.25) is 0 Å². The minimum atomic E-state index is -0.815. The van der Waals surface area contributed by atoms with E-state index in [0.717, 1.165) is 19.3 Å². The Bertz CT molecular complexity index is 527. The molecule has 1 N–H and O–H groups in total. The summed E-state index contributed by atoms with van der Waals surface area (Å²) >= 11 is 6.23. The summed E-state index contributed by atoms with van der Waals surface area (Å²) in [6.07, 6.45) is 3.83. The van der Waals surface area contributed by atoms with E-state index in [9.17, 15) is 5.11 Å². The van der Waals surface area contributed by atoms with Crippen LogP contribution in [0.5, 0.6) is 11.5 Å². The molecule has 0 spiro atoms. The van der Waals surface area contributed by atoms with Gasteiger partial charge in [-0.05, 0) is 36.6 Å². The maximum atomic E-state index is 10.4. The topological polar surface area (TPSA) is 47.9 Å². The molecule has 0 saturated carbocycles. The highest BCUT2D eigenvalue weighted by Crippen LogP contribution is 2.40. The smallest absolute Gasteiger partial charge is 0.179 e. The van der Waals surface area contributed by atoms with Crippen LogP contribution in [0.3, 0.4) is 0 Å². The third kappa shape index (κ3) is 2.72. The molecule has 4 nitrogen and oxygen atoms in total. The van der Waals surface area contributed by atoms with Gasteiger partial charge in [0.1, 0.15) is 11.9 Å². The lowest BCUT2D eigenvalue weighted by atomic mass is 10.0. The van der Waals surface area contributed by atoms with Crippen molar-refractivity contribution < 1.29 is 19.3 Å². The number of ether oxygens (including phenoxy) is 3. The van der Waals surface area contributed by atoms with Crippen LogP contribution in [0.1, 0.15) is 30.9 Å². The summed E-state index contributed by atoms with van der Waals surface area (Å²) in [5, 5.41) is 10.8. The van der Waals surface area contributed by atoms with Gasteiger partial charge in [-0.25, -0.2) is 0 Å². The molecule has 5 heteroatoms. The molecule has 1 aromatic carbocycles. The molecule has 0 aliphatic carbocycles. The number of halogens is 1. The van der Waals surface area contributed by atoms with Crippen molar-refractivity contribution in [2.45, 2.75) is 25.4 Å². The van der Waals surface area contributed by atoms with Crippen LogP contribution in [0.25, 0.3) is 0 Å². The van der Waals surface area contributed by atoms with Gasteiger partial charge in [0.15, 0.2) is 11.5 Å². The predicted molar refractivity (Wildman–Crippen MR) is 75.3 cm³/mol. The largest absolute Gasteiger partial charge is 0.495 e. The minimum absolute atomic E-state index is 0.454. The van der Waals surface area contributed by atoms with Crippen LogP contribution in [-0.4, -0.2) is 24.9 Å². The van der Waals surface area contributed by atoms with Gasteiger partial charge in [0.05, 0.1) is 24.8 Å². The number of allylic oxidation sites excluding steroid dienone is 1. The monoisotopic (exact) mass is 296 g/mol. The Morgan fingerprint density at radius 3 is 2.65 bits per heavy atom. The van der Waals surface area contributed by atoms with E-state index in [0.29, 0.717) is 47.7 Å². The Morgan fingerprint density at radius 1 is 1.05 bits per heavy atom. The lowest BCUT2D eigenvalue weighted by molar-refractivity contribution is 0.0916. The van der Waals surface area contributed by atoms with Crippen molar-refractivity contribution in [3.05, 3.63) is 34.6 Å². The molecule has 1 atom stereocenters. The molecule has 3 rings (SSSR count). The molecule has 0 bridgehead atoms. The van der Waals surface area contributed by atoms with Crippen LogP contribution in [0.15, 0.2) is 24.0 Å². The number of aliphatic hydroxyl groups excluding tert-OH is 1. The van der Waals surface area contributed by atoms with E-state index in [2.05, 4.69) is 0 Å². The first kappa shape index (κ1) is 13.6. The van der Waals surface area contributed by atoms with Gasteiger partial charge in [0, 0.05) is 6.42 Å². The van der Waals surface area contributed by atoms with E-state index in [4.69, 9.17) is 25.8 Å². The Hall–Kier alpha value is -1.39. The van der Waals surface area contributed by atoms with Crippen LogP contribution >= 0.6 is 11.6 Å². The summed E-state index contributed by atoms with van der Waals surface area (Å²) in [7, 11) is 0. The highest BCUT2D eigenvalue weighted by Gasteiger charge is 2.22. The molecular weight excluding hydrogens is 280 g/mol. The number of benzene rings is 1. The maximum absolute atomic E-state index is 10.4. The van der Waals surface area contributed by atoms with Gasteiger partial charge in [0.25, 0.3) is 0 Å². The third-order valence-corrected chi connectivity index (χ3v) is 3.65. The number of fused-ring (bicyclic) bond motifs is 1. The van der Waals surface area contributed by atoms with Crippen LogP contribution in [0.4, 0.5) is 0 Å². The molecule has 108 valence electrons. The number of rotatable bonds is 2. The number of aliphatic hydroxyl groups is 1. The quantitative estimate of drug-likeness (QED) is 0.910. The third-order valence-electron chi connectivity index (χ3n) is 3.37. The summed E-state index contributed by atoms with van der Waals surface area (Å²) < 4.78 is 16.7. The average Bonchev–Trinajstić information content (AvgIpc) is 2.73. The van der Waals surface area contributed by atoms with Crippen LogP contribution in [0, 0.1) is 0 Å². The molecule has 2 aliphatic heterocycles. The van der Waals surface area contributed by atoms with Gasteiger partial charge in [-0.1, -0.05) is 11.6 Å². The highest BCUT2D eigenvalue weighted by molar-refractivity contribution is 6.32. The van der Waals surface area contributed by atoms with Gasteiger partial charge in [-0.15, -0.1) is 0 Å². The fraction of sp³-hybridized carbons (Fsp3) is 0.467. The zero-order valence-corrected chi connectivity index (χ0v) is 11.9. The summed E-state index contributed by atoms with van der Waals surface area (Å²) in [5.74, 6) is 1.72. The zero-order chi connectivity index (χ0) is 13.9. The number of hydrogen-bond donors (Lipinski definition) is 1. The average molecular weight is 297 g/mol. The Labute approximate surface area is 122 Å². The molecule has 0 radical (unpaired) electrons. The standard InChI is InChI=1S/C15H17ClO4/c16-11-8-10(14(17)12-4-1-2-5-18-12)9-13-15(11)20-7-3-6-19-13/h4,8-9,14,17H,1-3,5-7H2. The van der Waals surface area contributed by atoms with Crippen molar-refractivity contribution in [2.24, 2.45) is 0 Å². The second-order valence-electron chi connectivity index (χ2n) is 4.88. The van der Waals surface area contributed by atoms with E-state index >= 15 is 0 Å². The number of hydrogen-bond acceptors (Lipinski definition) is 4. The van der Waals surface area contributed by atoms with E-state index in [-0.39, 0.29) is 0 Å². The van der Waals surface area contributed by atoms with E-state index < -0.39 is 6.10 Å². The SMILES string of the molecule is OC(C1=CCCCO1)c1cc(Cl)c2c(c1)OCCCO2. The van der Waals surface area contributed by atoms with E-state index in [1.807, 2.05) is 6.08 Å². The summed E-state index contributed by atoms with van der Waals surface area (Å²) in [6.45, 7) is 1.81. The first-order valence-corrected chi connectivity index (χ1v) is 7.23. The summed E-state index contributed by atoms with van der Waals surface area (Å²) in [4.78, 5) is 0. The Kier molecular flexibility index (Phi) is 4.03. The molecule has 0 fully saturated rings. The van der Waals surface area contributed by atoms with Crippen molar-refractivity contribution in [2.75, 3.05) is 19.8 Å². The van der Waals surface area contributed by atoms with Crippen molar-refractivity contribution in [1.29, 1.82) is 0 Å². The van der Waals surface area contributed by atoms with Gasteiger partial charge in [-0.3, -0.25) is 0 Å². The molecule has 20 heavy (non-hydrogen) atoms. The van der Waals surface area contributed by atoms with Crippen molar-refractivity contribution in [3.8, 4) is 11.5 Å². The molecular formula is C15H17ClO4. The van der Waals surface area contributed by atoms with E-state index in [1.54, 1.807) is 12.1 Å². The Balaban J connectivity index is 1.92. The van der Waals surface area contributed by atoms with Gasteiger partial charge >= 0.3 is 0 Å². The Morgan fingerprint density at radius 2 is 1.85 bits per heavy atom. The van der Waals surface area contributed by atoms with E-state index in [1.165, 1.54) is 0 Å². The normalized spacial score (nSPS) is 19.6. The second kappa shape index (κ2) is 5.94. The van der Waals surface area contributed by atoms with Crippen molar-refractivity contribution in [3.63, 3.8) is 0 Å². The maximum Gasteiger partial charge on any atom is 0.179 e. The fourth-order valence-electron chi connectivity index (χ4n) is 2.34. The lowest BCUT2D eigenvalue weighted by Crippen LogP contribution is -2.10. The highest BCUT2D eigenvalue weighted by atomic mass is 35.5. The molecule has 0 saturated heterocycles. The first-order chi connectivity index (χ1) is 9.75. The molecule has 2 aliphatic rings. The lowest BCUT2D eigenvalue weighted by Gasteiger charge is -2.21. The first-order valence-electron chi connectivity index (χ1n) is 6.85. The molecule has 1 unspecified atom stereocenters. The molecule has 0 aromatic heterocycles. The molecule has 0 amide bonds. The van der Waals surface area contributed by atoms with Crippen molar-refractivity contribution in [1.82, 2.24) is 0 Å². The van der Waals surface area contributed by atoms with Crippen LogP contribution in [0.2, 0.25) is 5.02 Å². The minimum Gasteiger partial charge on any atom is -0.495 e.